The molecule has 110 valence electrons. The molecule has 0 aliphatic heterocycles. The molecule has 0 saturated heterocycles. The second kappa shape index (κ2) is 7.45. The minimum absolute atomic E-state index is 0.297. The predicted octanol–water partition coefficient (Wildman–Crippen LogP) is 2.26. The van der Waals surface area contributed by atoms with Crippen LogP contribution in [-0.2, 0) is 17.6 Å². The molecular weight excluding hydrogens is 266 g/mol. The minimum Gasteiger partial charge on any atom is -0.493 e. The number of carboxylic acids is 1. The monoisotopic (exact) mass is 285 g/mol. The van der Waals surface area contributed by atoms with E-state index in [9.17, 15) is 4.79 Å². The van der Waals surface area contributed by atoms with E-state index in [1.165, 1.54) is 5.56 Å². The lowest BCUT2D eigenvalue weighted by atomic mass is 10.1. The number of rotatable bonds is 7. The first-order valence-electron chi connectivity index (χ1n) is 6.89. The van der Waals surface area contributed by atoms with Gasteiger partial charge >= 0.3 is 5.97 Å². The van der Waals surface area contributed by atoms with Crippen LogP contribution in [0.2, 0.25) is 0 Å². The molecule has 21 heavy (non-hydrogen) atoms. The summed E-state index contributed by atoms with van der Waals surface area (Å²) in [6, 6.07) is 16.6. The number of aliphatic carboxylic acids is 1. The van der Waals surface area contributed by atoms with E-state index in [1.54, 1.807) is 0 Å². The van der Waals surface area contributed by atoms with Crippen LogP contribution in [0.4, 0.5) is 0 Å². The molecule has 4 nitrogen and oxygen atoms in total. The van der Waals surface area contributed by atoms with Crippen molar-refractivity contribution in [3.05, 3.63) is 65.7 Å². The number of carboxylic acid groups (broad SMARTS) is 1. The molecule has 2 aromatic carbocycles. The van der Waals surface area contributed by atoms with Gasteiger partial charge in [-0.3, -0.25) is 4.79 Å². The van der Waals surface area contributed by atoms with Crippen molar-refractivity contribution in [2.75, 3.05) is 6.61 Å². The first-order chi connectivity index (χ1) is 10.1. The van der Waals surface area contributed by atoms with Gasteiger partial charge in [-0.2, -0.15) is 0 Å². The lowest BCUT2D eigenvalue weighted by molar-refractivity contribution is -0.138. The molecule has 0 fully saturated rings. The summed E-state index contributed by atoms with van der Waals surface area (Å²) in [7, 11) is 0. The highest BCUT2D eigenvalue weighted by molar-refractivity contribution is 5.73. The van der Waals surface area contributed by atoms with Gasteiger partial charge in [0.15, 0.2) is 0 Å². The fourth-order valence-electron chi connectivity index (χ4n) is 2.03. The second-order valence-corrected chi connectivity index (χ2v) is 4.88. The van der Waals surface area contributed by atoms with Gasteiger partial charge in [0.2, 0.25) is 0 Å². The molecule has 2 rings (SSSR count). The van der Waals surface area contributed by atoms with Gasteiger partial charge in [-0.25, -0.2) is 0 Å². The Morgan fingerprint density at radius 3 is 2.52 bits per heavy atom. The molecule has 0 aliphatic rings. The quantitative estimate of drug-likeness (QED) is 0.818. The number of ether oxygens (including phenoxy) is 1. The Balaban J connectivity index is 1.87. The number of hydrogen-bond acceptors (Lipinski definition) is 3. The Labute approximate surface area is 124 Å². The highest BCUT2D eigenvalue weighted by Crippen LogP contribution is 2.15. The van der Waals surface area contributed by atoms with E-state index in [0.29, 0.717) is 13.0 Å². The average molecular weight is 285 g/mol. The molecule has 0 spiro atoms. The van der Waals surface area contributed by atoms with Crippen molar-refractivity contribution in [3.63, 3.8) is 0 Å². The lowest BCUT2D eigenvalue weighted by Crippen LogP contribution is -2.32. The van der Waals surface area contributed by atoms with Crippen LogP contribution in [0.5, 0.6) is 5.75 Å². The van der Waals surface area contributed by atoms with Crippen molar-refractivity contribution in [2.24, 2.45) is 5.73 Å². The summed E-state index contributed by atoms with van der Waals surface area (Å²) < 4.78 is 5.70. The molecule has 0 bridgehead atoms. The van der Waals surface area contributed by atoms with Crippen LogP contribution in [0.3, 0.4) is 0 Å². The molecular formula is C17H19NO3. The van der Waals surface area contributed by atoms with Crippen LogP contribution < -0.4 is 10.5 Å². The smallest absolute Gasteiger partial charge is 0.320 e. The normalized spacial score (nSPS) is 11.9. The second-order valence-electron chi connectivity index (χ2n) is 4.88. The van der Waals surface area contributed by atoms with Crippen molar-refractivity contribution < 1.29 is 14.6 Å². The van der Waals surface area contributed by atoms with E-state index in [1.807, 2.05) is 42.5 Å². The molecule has 0 saturated carbocycles. The van der Waals surface area contributed by atoms with Gasteiger partial charge < -0.3 is 15.6 Å². The van der Waals surface area contributed by atoms with Crippen LogP contribution in [0, 0.1) is 0 Å². The highest BCUT2D eigenvalue weighted by atomic mass is 16.5. The van der Waals surface area contributed by atoms with Crippen molar-refractivity contribution >= 4 is 5.97 Å². The summed E-state index contributed by atoms with van der Waals surface area (Å²) in [5, 5.41) is 8.82. The summed E-state index contributed by atoms with van der Waals surface area (Å²) >= 11 is 0. The SMILES string of the molecule is NC(Cc1cccc(OCCc2ccccc2)c1)C(=O)O. The van der Waals surface area contributed by atoms with Crippen LogP contribution in [0.15, 0.2) is 54.6 Å². The predicted molar refractivity (Wildman–Crippen MR) is 81.4 cm³/mol. The summed E-state index contributed by atoms with van der Waals surface area (Å²) in [5.41, 5.74) is 7.62. The van der Waals surface area contributed by atoms with Gasteiger partial charge in [-0.05, 0) is 29.7 Å². The third kappa shape index (κ3) is 4.93. The topological polar surface area (TPSA) is 72.5 Å². The molecule has 2 aromatic rings. The van der Waals surface area contributed by atoms with Gasteiger partial charge in [-0.15, -0.1) is 0 Å². The number of nitrogens with two attached hydrogens (primary N) is 1. The average Bonchev–Trinajstić information content (AvgIpc) is 2.48. The number of carbonyl (C=O) groups is 1. The molecule has 4 heteroatoms. The third-order valence-electron chi connectivity index (χ3n) is 3.17. The lowest BCUT2D eigenvalue weighted by Gasteiger charge is -2.10. The zero-order chi connectivity index (χ0) is 15.1. The molecule has 0 radical (unpaired) electrons. The van der Waals surface area contributed by atoms with Crippen LogP contribution >= 0.6 is 0 Å². The van der Waals surface area contributed by atoms with Gasteiger partial charge in [-0.1, -0.05) is 42.5 Å². The van der Waals surface area contributed by atoms with E-state index in [2.05, 4.69) is 12.1 Å². The summed E-state index contributed by atoms with van der Waals surface area (Å²) in [5.74, 6) is -0.258. The summed E-state index contributed by atoms with van der Waals surface area (Å²) in [4.78, 5) is 10.8. The van der Waals surface area contributed by atoms with E-state index in [0.717, 1.165) is 17.7 Å². The third-order valence-corrected chi connectivity index (χ3v) is 3.17. The number of benzene rings is 2. The van der Waals surface area contributed by atoms with Gasteiger partial charge in [0, 0.05) is 6.42 Å². The Morgan fingerprint density at radius 1 is 1.10 bits per heavy atom. The highest BCUT2D eigenvalue weighted by Gasteiger charge is 2.12. The summed E-state index contributed by atoms with van der Waals surface area (Å²) in [6.07, 6.45) is 1.13. The maximum absolute atomic E-state index is 10.8. The van der Waals surface area contributed by atoms with Crippen LogP contribution in [0.1, 0.15) is 11.1 Å². The minimum atomic E-state index is -0.995. The maximum Gasteiger partial charge on any atom is 0.320 e. The van der Waals surface area contributed by atoms with E-state index in [-0.39, 0.29) is 0 Å². The van der Waals surface area contributed by atoms with Crippen molar-refractivity contribution in [1.29, 1.82) is 0 Å². The fourth-order valence-corrected chi connectivity index (χ4v) is 2.03. The Kier molecular flexibility index (Phi) is 5.35. The standard InChI is InChI=1S/C17H19NO3/c18-16(17(19)20)12-14-7-4-8-15(11-14)21-10-9-13-5-2-1-3-6-13/h1-8,11,16H,9-10,12,18H2,(H,19,20). The Morgan fingerprint density at radius 2 is 1.81 bits per heavy atom. The first-order valence-corrected chi connectivity index (χ1v) is 6.89. The molecule has 0 amide bonds. The largest absolute Gasteiger partial charge is 0.493 e. The van der Waals surface area contributed by atoms with E-state index in [4.69, 9.17) is 15.6 Å². The van der Waals surface area contributed by atoms with Gasteiger partial charge in [0.25, 0.3) is 0 Å². The maximum atomic E-state index is 10.8. The number of hydrogen-bond donors (Lipinski definition) is 2. The molecule has 0 aliphatic carbocycles. The molecule has 0 heterocycles. The Bertz CT molecular complexity index is 584. The summed E-state index contributed by atoms with van der Waals surface area (Å²) in [6.45, 7) is 0.582. The zero-order valence-electron chi connectivity index (χ0n) is 11.7. The van der Waals surface area contributed by atoms with E-state index < -0.39 is 12.0 Å². The van der Waals surface area contributed by atoms with Crippen molar-refractivity contribution in [1.82, 2.24) is 0 Å². The van der Waals surface area contributed by atoms with Crippen LogP contribution in [0.25, 0.3) is 0 Å². The zero-order valence-corrected chi connectivity index (χ0v) is 11.7. The van der Waals surface area contributed by atoms with Crippen LogP contribution in [-0.4, -0.2) is 23.7 Å². The van der Waals surface area contributed by atoms with Crippen molar-refractivity contribution in [2.45, 2.75) is 18.9 Å². The molecule has 1 unspecified atom stereocenters. The van der Waals surface area contributed by atoms with Crippen molar-refractivity contribution in [3.8, 4) is 5.75 Å². The van der Waals surface area contributed by atoms with Gasteiger partial charge in [0.1, 0.15) is 11.8 Å². The van der Waals surface area contributed by atoms with E-state index >= 15 is 0 Å². The molecule has 0 aromatic heterocycles. The Hall–Kier alpha value is -2.33. The van der Waals surface area contributed by atoms with Gasteiger partial charge in [0.05, 0.1) is 6.61 Å². The first kappa shape index (κ1) is 15.1. The molecule has 1 atom stereocenters. The fraction of sp³-hybridized carbons (Fsp3) is 0.235. The molecule has 3 N–H and O–H groups in total.